The van der Waals surface area contributed by atoms with Gasteiger partial charge in [-0.3, -0.25) is 11.3 Å². The Bertz CT molecular complexity index is 539. The zero-order valence-electron chi connectivity index (χ0n) is 12.1. The van der Waals surface area contributed by atoms with Crippen LogP contribution in [0, 0.1) is 0 Å². The quantitative estimate of drug-likeness (QED) is 0.609. The van der Waals surface area contributed by atoms with Gasteiger partial charge in [-0.1, -0.05) is 25.1 Å². The molecule has 4 heteroatoms. The third-order valence-corrected chi connectivity index (χ3v) is 4.66. The highest BCUT2D eigenvalue weighted by Gasteiger charge is 2.13. The Morgan fingerprint density at radius 2 is 1.90 bits per heavy atom. The highest BCUT2D eigenvalue weighted by atomic mass is 32.1. The predicted molar refractivity (Wildman–Crippen MR) is 85.2 cm³/mol. The lowest BCUT2D eigenvalue weighted by atomic mass is 10.0. The standard InChI is InChI=1S/C16H22N2OS/c1-3-14-8-9-15(20-14)11-13(18-17)10-12-6-4-5-7-16(12)19-2/h4-9,13,18H,3,10-11,17H2,1-2H3. The lowest BCUT2D eigenvalue weighted by Gasteiger charge is -2.16. The summed E-state index contributed by atoms with van der Waals surface area (Å²) in [4.78, 5) is 2.80. The summed E-state index contributed by atoms with van der Waals surface area (Å²) in [6.45, 7) is 2.18. The van der Waals surface area contributed by atoms with Gasteiger partial charge in [-0.2, -0.15) is 0 Å². The first kappa shape index (κ1) is 15.0. The van der Waals surface area contributed by atoms with Crippen LogP contribution < -0.4 is 16.0 Å². The fourth-order valence-electron chi connectivity index (χ4n) is 2.29. The van der Waals surface area contributed by atoms with Crippen LogP contribution in [-0.4, -0.2) is 13.2 Å². The lowest BCUT2D eigenvalue weighted by Crippen LogP contribution is -2.38. The van der Waals surface area contributed by atoms with Crippen molar-refractivity contribution in [1.29, 1.82) is 0 Å². The first-order valence-electron chi connectivity index (χ1n) is 6.92. The Labute approximate surface area is 124 Å². The second kappa shape index (κ2) is 7.43. The number of methoxy groups -OCH3 is 1. The van der Waals surface area contributed by atoms with E-state index in [2.05, 4.69) is 30.5 Å². The van der Waals surface area contributed by atoms with E-state index in [1.54, 1.807) is 7.11 Å². The van der Waals surface area contributed by atoms with Crippen molar-refractivity contribution in [3.63, 3.8) is 0 Å². The maximum Gasteiger partial charge on any atom is 0.122 e. The van der Waals surface area contributed by atoms with Crippen molar-refractivity contribution in [2.24, 2.45) is 5.84 Å². The van der Waals surface area contributed by atoms with Gasteiger partial charge in [-0.25, -0.2) is 0 Å². The molecule has 0 amide bonds. The van der Waals surface area contributed by atoms with E-state index < -0.39 is 0 Å². The van der Waals surface area contributed by atoms with Crippen molar-refractivity contribution >= 4 is 11.3 Å². The van der Waals surface area contributed by atoms with Crippen LogP contribution in [0.1, 0.15) is 22.2 Å². The van der Waals surface area contributed by atoms with Crippen LogP contribution in [0.25, 0.3) is 0 Å². The van der Waals surface area contributed by atoms with E-state index in [0.29, 0.717) is 0 Å². The topological polar surface area (TPSA) is 47.3 Å². The van der Waals surface area contributed by atoms with Gasteiger partial charge in [-0.15, -0.1) is 11.3 Å². The van der Waals surface area contributed by atoms with Crippen LogP contribution in [0.2, 0.25) is 0 Å². The third-order valence-electron chi connectivity index (χ3n) is 3.41. The number of hydrogen-bond donors (Lipinski definition) is 2. The lowest BCUT2D eigenvalue weighted by molar-refractivity contribution is 0.405. The molecule has 1 heterocycles. The van der Waals surface area contributed by atoms with Gasteiger partial charge in [-0.05, 0) is 43.0 Å². The highest BCUT2D eigenvalue weighted by molar-refractivity contribution is 7.11. The number of benzene rings is 1. The molecule has 0 bridgehead atoms. The van der Waals surface area contributed by atoms with Gasteiger partial charge in [0.05, 0.1) is 7.11 Å². The van der Waals surface area contributed by atoms with Crippen molar-refractivity contribution in [2.45, 2.75) is 32.2 Å². The van der Waals surface area contributed by atoms with Crippen molar-refractivity contribution in [3.8, 4) is 5.75 Å². The molecule has 108 valence electrons. The molecule has 1 aromatic carbocycles. The number of nitrogens with two attached hydrogens (primary N) is 1. The molecule has 0 fully saturated rings. The molecule has 1 unspecified atom stereocenters. The normalized spacial score (nSPS) is 12.3. The minimum atomic E-state index is 0.217. The van der Waals surface area contributed by atoms with Crippen LogP contribution in [0.3, 0.4) is 0 Å². The van der Waals surface area contributed by atoms with Crippen molar-refractivity contribution in [1.82, 2.24) is 5.43 Å². The van der Waals surface area contributed by atoms with E-state index in [1.807, 2.05) is 29.5 Å². The van der Waals surface area contributed by atoms with Gasteiger partial charge in [0.25, 0.3) is 0 Å². The Morgan fingerprint density at radius 3 is 2.55 bits per heavy atom. The van der Waals surface area contributed by atoms with Crippen LogP contribution >= 0.6 is 11.3 Å². The molecule has 2 aromatic rings. The third kappa shape index (κ3) is 3.82. The number of nitrogens with one attached hydrogen (secondary N) is 1. The average Bonchev–Trinajstić information content (AvgIpc) is 2.94. The summed E-state index contributed by atoms with van der Waals surface area (Å²) in [6.07, 6.45) is 2.90. The predicted octanol–water partition coefficient (Wildman–Crippen LogP) is 2.94. The van der Waals surface area contributed by atoms with Gasteiger partial charge >= 0.3 is 0 Å². The number of ether oxygens (including phenoxy) is 1. The highest BCUT2D eigenvalue weighted by Crippen LogP contribution is 2.22. The number of thiophene rings is 1. The molecule has 0 aliphatic heterocycles. The van der Waals surface area contributed by atoms with Crippen LogP contribution in [0.5, 0.6) is 5.75 Å². The SMILES string of the molecule is CCc1ccc(CC(Cc2ccccc2OC)NN)s1. The fraction of sp³-hybridized carbons (Fsp3) is 0.375. The van der Waals surface area contributed by atoms with Crippen LogP contribution in [0.15, 0.2) is 36.4 Å². The smallest absolute Gasteiger partial charge is 0.122 e. The Kier molecular flexibility index (Phi) is 5.59. The number of hydrogen-bond acceptors (Lipinski definition) is 4. The number of hydrazine groups is 1. The monoisotopic (exact) mass is 290 g/mol. The number of para-hydroxylation sites is 1. The molecule has 0 saturated heterocycles. The molecule has 1 aromatic heterocycles. The van der Waals surface area contributed by atoms with Crippen LogP contribution in [-0.2, 0) is 19.3 Å². The summed E-state index contributed by atoms with van der Waals surface area (Å²) in [6, 6.07) is 12.7. The first-order chi connectivity index (χ1) is 9.76. The molecule has 0 spiro atoms. The average molecular weight is 290 g/mol. The molecule has 0 saturated carbocycles. The second-order valence-corrected chi connectivity index (χ2v) is 6.06. The van der Waals surface area contributed by atoms with E-state index in [0.717, 1.165) is 25.0 Å². The second-order valence-electron chi connectivity index (χ2n) is 4.81. The molecule has 20 heavy (non-hydrogen) atoms. The molecule has 1 atom stereocenters. The van der Waals surface area contributed by atoms with Gasteiger partial charge in [0.15, 0.2) is 0 Å². The maximum atomic E-state index is 5.71. The Balaban J connectivity index is 2.05. The maximum absolute atomic E-state index is 5.71. The summed E-state index contributed by atoms with van der Waals surface area (Å²) in [5.41, 5.74) is 4.11. The summed E-state index contributed by atoms with van der Waals surface area (Å²) in [7, 11) is 1.70. The van der Waals surface area contributed by atoms with E-state index in [9.17, 15) is 0 Å². The van der Waals surface area contributed by atoms with E-state index in [4.69, 9.17) is 10.6 Å². The van der Waals surface area contributed by atoms with Crippen LogP contribution in [0.4, 0.5) is 0 Å². The molecule has 0 radical (unpaired) electrons. The molecule has 0 aliphatic carbocycles. The molecule has 3 N–H and O–H groups in total. The van der Waals surface area contributed by atoms with Crippen molar-refractivity contribution < 1.29 is 4.74 Å². The molecular formula is C16H22N2OS. The zero-order chi connectivity index (χ0) is 14.4. The fourth-order valence-corrected chi connectivity index (χ4v) is 3.33. The van der Waals surface area contributed by atoms with Crippen molar-refractivity contribution in [3.05, 3.63) is 51.7 Å². The number of aryl methyl sites for hydroxylation is 1. The Morgan fingerprint density at radius 1 is 1.15 bits per heavy atom. The van der Waals surface area contributed by atoms with Gasteiger partial charge in [0.2, 0.25) is 0 Å². The van der Waals surface area contributed by atoms with E-state index in [1.165, 1.54) is 15.3 Å². The van der Waals surface area contributed by atoms with Crippen molar-refractivity contribution in [2.75, 3.05) is 7.11 Å². The number of rotatable bonds is 7. The first-order valence-corrected chi connectivity index (χ1v) is 7.74. The largest absolute Gasteiger partial charge is 0.496 e. The summed E-state index contributed by atoms with van der Waals surface area (Å²) < 4.78 is 5.40. The summed E-state index contributed by atoms with van der Waals surface area (Å²) in [5, 5.41) is 0. The van der Waals surface area contributed by atoms with E-state index >= 15 is 0 Å². The minimum Gasteiger partial charge on any atom is -0.496 e. The molecule has 3 nitrogen and oxygen atoms in total. The van der Waals surface area contributed by atoms with E-state index in [-0.39, 0.29) is 6.04 Å². The summed E-state index contributed by atoms with van der Waals surface area (Å²) in [5.74, 6) is 6.64. The summed E-state index contributed by atoms with van der Waals surface area (Å²) >= 11 is 1.87. The van der Waals surface area contributed by atoms with Gasteiger partial charge in [0, 0.05) is 15.8 Å². The zero-order valence-corrected chi connectivity index (χ0v) is 12.9. The molecular weight excluding hydrogens is 268 g/mol. The van der Waals surface area contributed by atoms with Gasteiger partial charge in [0.1, 0.15) is 5.75 Å². The Hall–Kier alpha value is -1.36. The van der Waals surface area contributed by atoms with Gasteiger partial charge < -0.3 is 4.74 Å². The minimum absolute atomic E-state index is 0.217. The molecule has 2 rings (SSSR count). The molecule has 0 aliphatic rings.